The maximum absolute atomic E-state index is 5.55. The second-order valence-electron chi connectivity index (χ2n) is 3.47. The summed E-state index contributed by atoms with van der Waals surface area (Å²) in [6.07, 6.45) is 2.88. The molecule has 76 valence electrons. The van der Waals surface area contributed by atoms with E-state index in [1.54, 1.807) is 18.0 Å². The zero-order valence-electron chi connectivity index (χ0n) is 7.98. The summed E-state index contributed by atoms with van der Waals surface area (Å²) in [6.45, 7) is 1.82. The van der Waals surface area contributed by atoms with Gasteiger partial charge in [0.2, 0.25) is 0 Å². The number of nitrogens with zero attached hydrogens (tertiary/aromatic N) is 1. The molecule has 3 nitrogen and oxygen atoms in total. The monoisotopic (exact) mass is 210 g/mol. The number of nitrogen functional groups attached to an aromatic ring is 1. The van der Waals surface area contributed by atoms with Crippen LogP contribution < -0.4 is 5.73 Å². The Balaban J connectivity index is 1.82. The molecule has 0 aliphatic carbocycles. The van der Waals surface area contributed by atoms with Crippen LogP contribution in [0, 0.1) is 5.92 Å². The van der Waals surface area contributed by atoms with Gasteiger partial charge >= 0.3 is 0 Å². The first-order chi connectivity index (χ1) is 6.84. The van der Waals surface area contributed by atoms with Gasteiger partial charge in [0.25, 0.3) is 0 Å². The molecule has 1 aromatic rings. The van der Waals surface area contributed by atoms with Gasteiger partial charge in [0.1, 0.15) is 0 Å². The molecule has 1 atom stereocenters. The standard InChI is InChI=1S/C10H14N2OS/c11-9-1-2-10(12-5-9)14-7-8-3-4-13-6-8/h1-2,5,8H,3-4,6-7,11H2. The Morgan fingerprint density at radius 2 is 2.50 bits per heavy atom. The fourth-order valence-corrected chi connectivity index (χ4v) is 2.36. The van der Waals surface area contributed by atoms with Gasteiger partial charge in [-0.25, -0.2) is 4.98 Å². The van der Waals surface area contributed by atoms with Gasteiger partial charge < -0.3 is 10.5 Å². The molecule has 0 amide bonds. The molecule has 2 N–H and O–H groups in total. The summed E-state index contributed by atoms with van der Waals surface area (Å²) >= 11 is 1.78. The normalized spacial score (nSPS) is 21.3. The van der Waals surface area contributed by atoms with E-state index in [9.17, 15) is 0 Å². The van der Waals surface area contributed by atoms with Crippen LogP contribution in [-0.2, 0) is 4.74 Å². The van der Waals surface area contributed by atoms with Crippen molar-refractivity contribution in [3.05, 3.63) is 18.3 Å². The average Bonchev–Trinajstić information content (AvgIpc) is 2.70. The first kappa shape index (κ1) is 9.80. The molecule has 0 bridgehead atoms. The van der Waals surface area contributed by atoms with Crippen molar-refractivity contribution in [2.24, 2.45) is 5.92 Å². The Kier molecular flexibility index (Phi) is 3.26. The summed E-state index contributed by atoms with van der Waals surface area (Å²) in [5, 5.41) is 1.05. The van der Waals surface area contributed by atoms with Gasteiger partial charge in [-0.2, -0.15) is 0 Å². The number of rotatable bonds is 3. The third kappa shape index (κ3) is 2.62. The first-order valence-corrected chi connectivity index (χ1v) is 5.75. The van der Waals surface area contributed by atoms with E-state index in [4.69, 9.17) is 10.5 Å². The van der Waals surface area contributed by atoms with E-state index < -0.39 is 0 Å². The molecule has 0 radical (unpaired) electrons. The van der Waals surface area contributed by atoms with E-state index in [0.29, 0.717) is 5.92 Å². The molecule has 1 aliphatic rings. The van der Waals surface area contributed by atoms with Gasteiger partial charge in [-0.3, -0.25) is 0 Å². The van der Waals surface area contributed by atoms with Crippen molar-refractivity contribution in [1.82, 2.24) is 4.98 Å². The molecule has 1 aliphatic heterocycles. The van der Waals surface area contributed by atoms with Crippen LogP contribution in [0.25, 0.3) is 0 Å². The van der Waals surface area contributed by atoms with Crippen molar-refractivity contribution < 1.29 is 4.74 Å². The van der Waals surface area contributed by atoms with Crippen LogP contribution in [-0.4, -0.2) is 24.0 Å². The average molecular weight is 210 g/mol. The summed E-state index contributed by atoms with van der Waals surface area (Å²) in [4.78, 5) is 4.24. The van der Waals surface area contributed by atoms with Crippen LogP contribution in [0.3, 0.4) is 0 Å². The number of pyridine rings is 1. The molecule has 1 fully saturated rings. The quantitative estimate of drug-likeness (QED) is 0.773. The Labute approximate surface area is 88.0 Å². The molecule has 2 rings (SSSR count). The zero-order valence-corrected chi connectivity index (χ0v) is 8.80. The van der Waals surface area contributed by atoms with Crippen LogP contribution in [0.15, 0.2) is 23.4 Å². The van der Waals surface area contributed by atoms with Gasteiger partial charge in [0.15, 0.2) is 0 Å². The highest BCUT2D eigenvalue weighted by atomic mass is 32.2. The van der Waals surface area contributed by atoms with Gasteiger partial charge in [-0.15, -0.1) is 11.8 Å². The van der Waals surface area contributed by atoms with E-state index >= 15 is 0 Å². The lowest BCUT2D eigenvalue weighted by Gasteiger charge is -2.05. The third-order valence-electron chi connectivity index (χ3n) is 2.25. The minimum absolute atomic E-state index is 0.694. The summed E-state index contributed by atoms with van der Waals surface area (Å²) < 4.78 is 5.31. The Morgan fingerprint density at radius 1 is 1.57 bits per heavy atom. The zero-order chi connectivity index (χ0) is 9.80. The Hall–Kier alpha value is -0.740. The molecule has 0 aromatic carbocycles. The van der Waals surface area contributed by atoms with Crippen molar-refractivity contribution in [2.75, 3.05) is 24.7 Å². The maximum Gasteiger partial charge on any atom is 0.0961 e. The summed E-state index contributed by atoms with van der Waals surface area (Å²) in [5.74, 6) is 1.79. The Bertz CT molecular complexity index is 283. The highest BCUT2D eigenvalue weighted by Gasteiger charge is 2.15. The first-order valence-electron chi connectivity index (χ1n) is 4.76. The van der Waals surface area contributed by atoms with Gasteiger partial charge in [0, 0.05) is 12.4 Å². The van der Waals surface area contributed by atoms with Crippen molar-refractivity contribution in [1.29, 1.82) is 0 Å². The molecule has 4 heteroatoms. The summed E-state index contributed by atoms with van der Waals surface area (Å²) in [5.41, 5.74) is 6.27. The lowest BCUT2D eigenvalue weighted by atomic mass is 10.2. The molecule has 1 aromatic heterocycles. The van der Waals surface area contributed by atoms with Crippen LogP contribution in [0.5, 0.6) is 0 Å². The highest BCUT2D eigenvalue weighted by molar-refractivity contribution is 7.99. The van der Waals surface area contributed by atoms with Crippen molar-refractivity contribution in [3.63, 3.8) is 0 Å². The minimum atomic E-state index is 0.694. The van der Waals surface area contributed by atoms with Crippen LogP contribution >= 0.6 is 11.8 Å². The number of nitrogens with two attached hydrogens (primary N) is 1. The summed E-state index contributed by atoms with van der Waals surface area (Å²) in [6, 6.07) is 3.86. The fraction of sp³-hybridized carbons (Fsp3) is 0.500. The molecule has 1 unspecified atom stereocenters. The molecule has 2 heterocycles. The maximum atomic E-state index is 5.55. The van der Waals surface area contributed by atoms with Crippen molar-refractivity contribution in [2.45, 2.75) is 11.4 Å². The predicted molar refractivity (Wildman–Crippen MR) is 58.3 cm³/mol. The van der Waals surface area contributed by atoms with Crippen LogP contribution in [0.2, 0.25) is 0 Å². The highest BCUT2D eigenvalue weighted by Crippen LogP contribution is 2.23. The minimum Gasteiger partial charge on any atom is -0.397 e. The number of hydrogen-bond donors (Lipinski definition) is 1. The van der Waals surface area contributed by atoms with Gasteiger partial charge in [-0.1, -0.05) is 0 Å². The van der Waals surface area contributed by atoms with Crippen LogP contribution in [0.1, 0.15) is 6.42 Å². The lowest BCUT2D eigenvalue weighted by Crippen LogP contribution is -2.02. The summed E-state index contributed by atoms with van der Waals surface area (Å²) in [7, 11) is 0. The second kappa shape index (κ2) is 4.66. The van der Waals surface area contributed by atoms with Gasteiger partial charge in [-0.05, 0) is 24.5 Å². The van der Waals surface area contributed by atoms with E-state index in [2.05, 4.69) is 4.98 Å². The smallest absolute Gasteiger partial charge is 0.0961 e. The number of thioether (sulfide) groups is 1. The molecular weight excluding hydrogens is 196 g/mol. The van der Waals surface area contributed by atoms with Crippen molar-refractivity contribution in [3.8, 4) is 0 Å². The topological polar surface area (TPSA) is 48.1 Å². The number of aromatic nitrogens is 1. The lowest BCUT2D eigenvalue weighted by molar-refractivity contribution is 0.189. The SMILES string of the molecule is Nc1ccc(SCC2CCOC2)nc1. The van der Waals surface area contributed by atoms with E-state index in [1.165, 1.54) is 6.42 Å². The predicted octanol–water partition coefficient (Wildman–Crippen LogP) is 1.79. The van der Waals surface area contributed by atoms with Crippen molar-refractivity contribution >= 4 is 17.4 Å². The third-order valence-corrected chi connectivity index (χ3v) is 3.43. The number of hydrogen-bond acceptors (Lipinski definition) is 4. The van der Waals surface area contributed by atoms with Crippen LogP contribution in [0.4, 0.5) is 5.69 Å². The number of ether oxygens (including phenoxy) is 1. The van der Waals surface area contributed by atoms with E-state index in [-0.39, 0.29) is 0 Å². The van der Waals surface area contributed by atoms with E-state index in [0.717, 1.165) is 29.7 Å². The molecule has 1 saturated heterocycles. The number of anilines is 1. The Morgan fingerprint density at radius 3 is 3.14 bits per heavy atom. The van der Waals surface area contributed by atoms with Gasteiger partial charge in [0.05, 0.1) is 23.5 Å². The molecule has 0 saturated carbocycles. The molecule has 0 spiro atoms. The molecular formula is C10H14N2OS. The fourth-order valence-electron chi connectivity index (χ4n) is 1.40. The molecule has 14 heavy (non-hydrogen) atoms. The second-order valence-corrected chi connectivity index (χ2v) is 4.51. The van der Waals surface area contributed by atoms with E-state index in [1.807, 2.05) is 12.1 Å². The largest absolute Gasteiger partial charge is 0.397 e.